The Labute approximate surface area is 129 Å². The minimum absolute atomic E-state index is 0.0869. The van der Waals surface area contributed by atoms with Crippen molar-refractivity contribution in [2.24, 2.45) is 0 Å². The standard InChI is InChI=1S/C13H20N2O6S/c1-5-6-15(8-12(16)17)13(18)10-7-11(9(2)21-10)22(19,20)14(3)4/h7H,5-6,8H2,1-4H3,(H,16,17). The van der Waals surface area contributed by atoms with Crippen LogP contribution in [0.3, 0.4) is 0 Å². The Bertz CT molecular complexity index is 662. The summed E-state index contributed by atoms with van der Waals surface area (Å²) in [4.78, 5) is 24.1. The number of carboxylic acids is 1. The molecule has 1 heterocycles. The monoisotopic (exact) mass is 332 g/mol. The van der Waals surface area contributed by atoms with Crippen LogP contribution in [0.5, 0.6) is 0 Å². The van der Waals surface area contributed by atoms with Crippen LogP contribution in [0, 0.1) is 6.92 Å². The molecule has 0 atom stereocenters. The van der Waals surface area contributed by atoms with Gasteiger partial charge in [0.25, 0.3) is 5.91 Å². The molecule has 0 aliphatic carbocycles. The molecule has 9 heteroatoms. The van der Waals surface area contributed by atoms with Crippen LogP contribution >= 0.6 is 0 Å². The molecule has 1 N–H and O–H groups in total. The normalized spacial score (nSPS) is 11.7. The second-order valence-corrected chi connectivity index (χ2v) is 7.06. The van der Waals surface area contributed by atoms with E-state index in [1.54, 1.807) is 6.92 Å². The first-order chi connectivity index (χ1) is 10.1. The lowest BCUT2D eigenvalue weighted by molar-refractivity contribution is -0.137. The predicted octanol–water partition coefficient (Wildman–Crippen LogP) is 0.775. The van der Waals surface area contributed by atoms with Gasteiger partial charge in [-0.3, -0.25) is 9.59 Å². The minimum atomic E-state index is -3.73. The van der Waals surface area contributed by atoms with Crippen LogP contribution in [0.1, 0.15) is 29.7 Å². The number of hydrogen-bond acceptors (Lipinski definition) is 5. The van der Waals surface area contributed by atoms with E-state index in [-0.39, 0.29) is 23.0 Å². The van der Waals surface area contributed by atoms with E-state index in [4.69, 9.17) is 9.52 Å². The summed E-state index contributed by atoms with van der Waals surface area (Å²) in [5, 5.41) is 8.84. The molecule has 1 aromatic rings. The van der Waals surface area contributed by atoms with Crippen LogP contribution in [0.4, 0.5) is 0 Å². The van der Waals surface area contributed by atoms with Crippen molar-refractivity contribution in [2.45, 2.75) is 25.2 Å². The fourth-order valence-corrected chi connectivity index (χ4v) is 2.92. The summed E-state index contributed by atoms with van der Waals surface area (Å²) >= 11 is 0. The number of hydrogen-bond donors (Lipinski definition) is 1. The third-order valence-electron chi connectivity index (χ3n) is 2.95. The Balaban J connectivity index is 3.17. The second-order valence-electron chi connectivity index (χ2n) is 4.94. The van der Waals surface area contributed by atoms with Gasteiger partial charge in [-0.2, -0.15) is 0 Å². The lowest BCUT2D eigenvalue weighted by Crippen LogP contribution is -2.36. The van der Waals surface area contributed by atoms with Crippen LogP contribution in [-0.4, -0.2) is 61.8 Å². The highest BCUT2D eigenvalue weighted by atomic mass is 32.2. The third-order valence-corrected chi connectivity index (χ3v) is 4.87. The van der Waals surface area contributed by atoms with Crippen molar-refractivity contribution in [3.05, 3.63) is 17.6 Å². The zero-order valence-corrected chi connectivity index (χ0v) is 13.8. The fourth-order valence-electron chi connectivity index (χ4n) is 1.87. The number of carbonyl (C=O) groups excluding carboxylic acids is 1. The van der Waals surface area contributed by atoms with Gasteiger partial charge >= 0.3 is 5.97 Å². The maximum atomic E-state index is 12.3. The lowest BCUT2D eigenvalue weighted by atomic mass is 10.3. The highest BCUT2D eigenvalue weighted by Crippen LogP contribution is 2.23. The van der Waals surface area contributed by atoms with Crippen LogP contribution in [0.2, 0.25) is 0 Å². The first-order valence-corrected chi connectivity index (χ1v) is 8.09. The topological polar surface area (TPSA) is 108 Å². The summed E-state index contributed by atoms with van der Waals surface area (Å²) in [7, 11) is -0.985. The molecule has 0 bridgehead atoms. The van der Waals surface area contributed by atoms with E-state index in [0.29, 0.717) is 6.42 Å². The smallest absolute Gasteiger partial charge is 0.323 e. The van der Waals surface area contributed by atoms with Gasteiger partial charge in [0.2, 0.25) is 10.0 Å². The number of carboxylic acid groups (broad SMARTS) is 1. The van der Waals surface area contributed by atoms with Crippen molar-refractivity contribution in [1.29, 1.82) is 0 Å². The van der Waals surface area contributed by atoms with Crippen molar-refractivity contribution < 1.29 is 27.5 Å². The van der Waals surface area contributed by atoms with Crippen LogP contribution in [-0.2, 0) is 14.8 Å². The summed E-state index contributed by atoms with van der Waals surface area (Å²) in [5.74, 6) is -1.89. The Morgan fingerprint density at radius 1 is 1.32 bits per heavy atom. The average Bonchev–Trinajstić information content (AvgIpc) is 2.79. The Morgan fingerprint density at radius 3 is 2.36 bits per heavy atom. The molecule has 0 aliphatic heterocycles. The van der Waals surface area contributed by atoms with Gasteiger partial charge in [0.1, 0.15) is 17.2 Å². The molecular weight excluding hydrogens is 312 g/mol. The fraction of sp³-hybridized carbons (Fsp3) is 0.538. The van der Waals surface area contributed by atoms with E-state index in [9.17, 15) is 18.0 Å². The van der Waals surface area contributed by atoms with E-state index >= 15 is 0 Å². The van der Waals surface area contributed by atoms with Gasteiger partial charge < -0.3 is 14.4 Å². The average molecular weight is 332 g/mol. The van der Waals surface area contributed by atoms with E-state index < -0.39 is 28.4 Å². The maximum absolute atomic E-state index is 12.3. The minimum Gasteiger partial charge on any atom is -0.480 e. The van der Waals surface area contributed by atoms with Crippen LogP contribution in [0.25, 0.3) is 0 Å². The van der Waals surface area contributed by atoms with Crippen molar-refractivity contribution in [3.8, 4) is 0 Å². The van der Waals surface area contributed by atoms with E-state index in [2.05, 4.69) is 0 Å². The molecule has 0 unspecified atom stereocenters. The molecule has 124 valence electrons. The van der Waals surface area contributed by atoms with E-state index in [1.807, 2.05) is 0 Å². The second kappa shape index (κ2) is 6.93. The Kier molecular flexibility index (Phi) is 5.72. The molecule has 0 aliphatic rings. The van der Waals surface area contributed by atoms with Gasteiger partial charge in [0.15, 0.2) is 5.76 Å². The molecule has 0 radical (unpaired) electrons. The summed E-state index contributed by atoms with van der Waals surface area (Å²) < 4.78 is 30.5. The van der Waals surface area contributed by atoms with Crippen molar-refractivity contribution in [2.75, 3.05) is 27.2 Å². The van der Waals surface area contributed by atoms with Gasteiger partial charge in [-0.1, -0.05) is 6.92 Å². The number of furan rings is 1. The first-order valence-electron chi connectivity index (χ1n) is 6.65. The Hall–Kier alpha value is -1.87. The number of sulfonamides is 1. The largest absolute Gasteiger partial charge is 0.480 e. The van der Waals surface area contributed by atoms with Gasteiger partial charge in [0.05, 0.1) is 0 Å². The Morgan fingerprint density at radius 2 is 1.91 bits per heavy atom. The van der Waals surface area contributed by atoms with Gasteiger partial charge in [-0.05, 0) is 13.3 Å². The van der Waals surface area contributed by atoms with E-state index in [1.165, 1.54) is 21.0 Å². The summed E-state index contributed by atoms with van der Waals surface area (Å²) in [5.41, 5.74) is 0. The summed E-state index contributed by atoms with van der Waals surface area (Å²) in [6, 6.07) is 1.14. The maximum Gasteiger partial charge on any atom is 0.323 e. The number of aryl methyl sites for hydroxylation is 1. The number of aliphatic carboxylic acids is 1. The predicted molar refractivity (Wildman–Crippen MR) is 78.1 cm³/mol. The summed E-state index contributed by atoms with van der Waals surface area (Å²) in [6.07, 6.45) is 0.571. The molecule has 22 heavy (non-hydrogen) atoms. The van der Waals surface area contributed by atoms with Crippen LogP contribution < -0.4 is 0 Å². The number of rotatable bonds is 7. The molecule has 1 amide bonds. The first kappa shape index (κ1) is 18.2. The molecule has 1 aromatic heterocycles. The van der Waals surface area contributed by atoms with Gasteiger partial charge in [0, 0.05) is 26.7 Å². The molecule has 0 aromatic carbocycles. The molecular formula is C13H20N2O6S. The highest BCUT2D eigenvalue weighted by molar-refractivity contribution is 7.89. The zero-order valence-electron chi connectivity index (χ0n) is 13.0. The molecule has 8 nitrogen and oxygen atoms in total. The quantitative estimate of drug-likeness (QED) is 0.790. The van der Waals surface area contributed by atoms with Crippen LogP contribution in [0.15, 0.2) is 15.4 Å². The summed E-state index contributed by atoms with van der Waals surface area (Å²) in [6.45, 7) is 3.01. The number of carbonyl (C=O) groups is 2. The van der Waals surface area contributed by atoms with Crippen molar-refractivity contribution in [1.82, 2.24) is 9.21 Å². The van der Waals surface area contributed by atoms with Gasteiger partial charge in [-0.25, -0.2) is 12.7 Å². The molecule has 0 saturated carbocycles. The molecule has 0 fully saturated rings. The van der Waals surface area contributed by atoms with Gasteiger partial charge in [-0.15, -0.1) is 0 Å². The van der Waals surface area contributed by atoms with Crippen molar-refractivity contribution in [3.63, 3.8) is 0 Å². The highest BCUT2D eigenvalue weighted by Gasteiger charge is 2.28. The third kappa shape index (κ3) is 3.86. The molecule has 0 spiro atoms. The zero-order chi connectivity index (χ0) is 17.1. The lowest BCUT2D eigenvalue weighted by Gasteiger charge is -2.18. The van der Waals surface area contributed by atoms with Crippen molar-refractivity contribution >= 4 is 21.9 Å². The molecule has 0 saturated heterocycles. The number of nitrogens with zero attached hydrogens (tertiary/aromatic N) is 2. The van der Waals surface area contributed by atoms with E-state index in [0.717, 1.165) is 15.3 Å². The number of amides is 1. The SMILES string of the molecule is CCCN(CC(=O)O)C(=O)c1cc(S(=O)(=O)N(C)C)c(C)o1. The molecule has 1 rings (SSSR count).